The van der Waals surface area contributed by atoms with Gasteiger partial charge in [0.25, 0.3) is 0 Å². The van der Waals surface area contributed by atoms with E-state index in [0.29, 0.717) is 5.92 Å². The van der Waals surface area contributed by atoms with Crippen LogP contribution in [0.5, 0.6) is 0 Å². The molecule has 0 nitrogen and oxygen atoms in total. The zero-order valence-electron chi connectivity index (χ0n) is 21.0. The first-order valence-electron chi connectivity index (χ1n) is 13.9. The third-order valence-electron chi connectivity index (χ3n) is 9.01. The van der Waals surface area contributed by atoms with Crippen LogP contribution in [0, 0.1) is 23.7 Å². The lowest BCUT2D eigenvalue weighted by molar-refractivity contribution is 0.139. The molecule has 2 fully saturated rings. The molecule has 0 bridgehead atoms. The standard InChI is InChI=1S/C32H46/c1-4-6-26-9-15-30(16-10-26)31-17-11-27(12-18-31)23-24(3)28-19-21-32(22-20-28)29-13-7-25(5-2)8-14-29/h7-8,13-14,19-22,24,26-27,30-31H,4-6,9-12,15-18,23H2,1-3H3/t24-,26?,27?,30?,31?/m1/s1. The molecule has 4 rings (SSSR count). The molecule has 0 N–H and O–H groups in total. The summed E-state index contributed by atoms with van der Waals surface area (Å²) < 4.78 is 0. The van der Waals surface area contributed by atoms with Gasteiger partial charge in [-0.05, 0) is 90.4 Å². The Morgan fingerprint density at radius 2 is 1.16 bits per heavy atom. The highest BCUT2D eigenvalue weighted by Crippen LogP contribution is 2.44. The lowest BCUT2D eigenvalue weighted by Crippen LogP contribution is -2.26. The Morgan fingerprint density at radius 3 is 1.66 bits per heavy atom. The molecular weight excluding hydrogens is 384 g/mol. The van der Waals surface area contributed by atoms with E-state index in [4.69, 9.17) is 0 Å². The van der Waals surface area contributed by atoms with Crippen molar-refractivity contribution in [2.24, 2.45) is 23.7 Å². The molecule has 2 aromatic rings. The molecule has 0 amide bonds. The van der Waals surface area contributed by atoms with Gasteiger partial charge < -0.3 is 0 Å². The Balaban J connectivity index is 1.24. The fourth-order valence-electron chi connectivity index (χ4n) is 6.82. The van der Waals surface area contributed by atoms with Crippen LogP contribution in [-0.4, -0.2) is 0 Å². The van der Waals surface area contributed by atoms with Gasteiger partial charge in [-0.1, -0.05) is 108 Å². The van der Waals surface area contributed by atoms with Crippen LogP contribution in [0.2, 0.25) is 0 Å². The highest BCUT2D eigenvalue weighted by atomic mass is 14.4. The molecule has 32 heavy (non-hydrogen) atoms. The Kier molecular flexibility index (Phi) is 8.50. The molecule has 0 aromatic heterocycles. The minimum atomic E-state index is 0.678. The van der Waals surface area contributed by atoms with Gasteiger partial charge in [0.2, 0.25) is 0 Å². The van der Waals surface area contributed by atoms with Crippen LogP contribution in [0.25, 0.3) is 11.1 Å². The number of benzene rings is 2. The van der Waals surface area contributed by atoms with E-state index in [9.17, 15) is 0 Å². The second kappa shape index (κ2) is 11.5. The van der Waals surface area contributed by atoms with Crippen molar-refractivity contribution in [2.75, 3.05) is 0 Å². The molecule has 0 heterocycles. The van der Waals surface area contributed by atoms with Crippen molar-refractivity contribution in [1.82, 2.24) is 0 Å². The molecule has 1 atom stereocenters. The quantitative estimate of drug-likeness (QED) is 0.391. The summed E-state index contributed by atoms with van der Waals surface area (Å²) in [5.41, 5.74) is 5.62. The molecular formula is C32H46. The summed E-state index contributed by atoms with van der Waals surface area (Å²) in [5.74, 6) is 4.77. The summed E-state index contributed by atoms with van der Waals surface area (Å²) in [6.45, 7) is 7.02. The summed E-state index contributed by atoms with van der Waals surface area (Å²) in [7, 11) is 0. The van der Waals surface area contributed by atoms with Gasteiger partial charge in [-0.3, -0.25) is 0 Å². The maximum Gasteiger partial charge on any atom is -0.0184 e. The van der Waals surface area contributed by atoms with Crippen molar-refractivity contribution >= 4 is 0 Å². The topological polar surface area (TPSA) is 0 Å². The summed E-state index contributed by atoms with van der Waals surface area (Å²) in [6, 6.07) is 18.5. The van der Waals surface area contributed by atoms with E-state index in [1.54, 1.807) is 0 Å². The van der Waals surface area contributed by atoms with Crippen LogP contribution in [0.15, 0.2) is 48.5 Å². The monoisotopic (exact) mass is 430 g/mol. The average molecular weight is 431 g/mol. The van der Waals surface area contributed by atoms with E-state index < -0.39 is 0 Å². The van der Waals surface area contributed by atoms with Gasteiger partial charge in [0, 0.05) is 0 Å². The number of hydrogen-bond acceptors (Lipinski definition) is 0. The van der Waals surface area contributed by atoms with E-state index in [2.05, 4.69) is 69.3 Å². The maximum atomic E-state index is 2.45. The highest BCUT2D eigenvalue weighted by molar-refractivity contribution is 5.64. The van der Waals surface area contributed by atoms with Crippen LogP contribution in [-0.2, 0) is 6.42 Å². The van der Waals surface area contributed by atoms with Crippen molar-refractivity contribution in [2.45, 2.75) is 104 Å². The van der Waals surface area contributed by atoms with Crippen molar-refractivity contribution in [3.8, 4) is 11.1 Å². The van der Waals surface area contributed by atoms with Crippen molar-refractivity contribution in [1.29, 1.82) is 0 Å². The van der Waals surface area contributed by atoms with Crippen LogP contribution >= 0.6 is 0 Å². The van der Waals surface area contributed by atoms with Gasteiger partial charge >= 0.3 is 0 Å². The van der Waals surface area contributed by atoms with Gasteiger partial charge in [0.1, 0.15) is 0 Å². The molecule has 2 aromatic carbocycles. The first-order chi connectivity index (χ1) is 15.7. The zero-order valence-corrected chi connectivity index (χ0v) is 21.0. The van der Waals surface area contributed by atoms with Crippen molar-refractivity contribution in [3.05, 3.63) is 59.7 Å². The van der Waals surface area contributed by atoms with E-state index in [-0.39, 0.29) is 0 Å². The SMILES string of the molecule is CCCC1CCC(C2CCC(C[C@@H](C)c3ccc(-c4ccc(CC)cc4)cc3)CC2)CC1. The predicted octanol–water partition coefficient (Wildman–Crippen LogP) is 9.82. The molecule has 0 heteroatoms. The van der Waals surface area contributed by atoms with Gasteiger partial charge in [0.15, 0.2) is 0 Å². The summed E-state index contributed by atoms with van der Waals surface area (Å²) in [4.78, 5) is 0. The molecule has 0 saturated heterocycles. The Bertz CT molecular complexity index is 783. The largest absolute Gasteiger partial charge is 0.0654 e. The third-order valence-corrected chi connectivity index (χ3v) is 9.01. The van der Waals surface area contributed by atoms with E-state index in [1.807, 2.05) is 0 Å². The summed E-state index contributed by atoms with van der Waals surface area (Å²) >= 11 is 0. The van der Waals surface area contributed by atoms with Crippen molar-refractivity contribution < 1.29 is 0 Å². The zero-order chi connectivity index (χ0) is 22.3. The number of rotatable bonds is 8. The van der Waals surface area contributed by atoms with Gasteiger partial charge in [-0.25, -0.2) is 0 Å². The van der Waals surface area contributed by atoms with Gasteiger partial charge in [0.05, 0.1) is 0 Å². The van der Waals surface area contributed by atoms with Crippen LogP contribution < -0.4 is 0 Å². The van der Waals surface area contributed by atoms with Crippen molar-refractivity contribution in [3.63, 3.8) is 0 Å². The van der Waals surface area contributed by atoms with Gasteiger partial charge in [-0.2, -0.15) is 0 Å². The fraction of sp³-hybridized carbons (Fsp3) is 0.625. The average Bonchev–Trinajstić information content (AvgIpc) is 2.85. The smallest absolute Gasteiger partial charge is 0.0184 e. The molecule has 0 spiro atoms. The molecule has 2 aliphatic carbocycles. The van der Waals surface area contributed by atoms with Gasteiger partial charge in [-0.15, -0.1) is 0 Å². The molecule has 174 valence electrons. The lowest BCUT2D eigenvalue weighted by Gasteiger charge is -2.38. The normalized spacial score (nSPS) is 27.2. The van der Waals surface area contributed by atoms with E-state index >= 15 is 0 Å². The lowest BCUT2D eigenvalue weighted by atomic mass is 9.67. The first kappa shape index (κ1) is 23.6. The number of aryl methyl sites for hydroxylation is 1. The molecule has 2 aliphatic rings. The molecule has 0 unspecified atom stereocenters. The van der Waals surface area contributed by atoms with Crippen LogP contribution in [0.4, 0.5) is 0 Å². The maximum absolute atomic E-state index is 2.45. The Hall–Kier alpha value is -1.56. The molecule has 0 radical (unpaired) electrons. The Morgan fingerprint density at radius 1 is 0.656 bits per heavy atom. The van der Waals surface area contributed by atoms with Crippen LogP contribution in [0.3, 0.4) is 0 Å². The summed E-state index contributed by atoms with van der Waals surface area (Å²) in [5, 5.41) is 0. The second-order valence-electron chi connectivity index (χ2n) is 11.2. The van der Waals surface area contributed by atoms with E-state index in [1.165, 1.54) is 92.9 Å². The molecule has 0 aliphatic heterocycles. The fourth-order valence-corrected chi connectivity index (χ4v) is 6.82. The minimum absolute atomic E-state index is 0.678. The summed E-state index contributed by atoms with van der Waals surface area (Å²) in [6.07, 6.45) is 17.4. The minimum Gasteiger partial charge on any atom is -0.0654 e. The first-order valence-corrected chi connectivity index (χ1v) is 13.9. The Labute approximate surface area is 198 Å². The highest BCUT2D eigenvalue weighted by Gasteiger charge is 2.31. The van der Waals surface area contributed by atoms with E-state index in [0.717, 1.165) is 30.1 Å². The molecule has 2 saturated carbocycles. The number of hydrogen-bond donors (Lipinski definition) is 0. The van der Waals surface area contributed by atoms with Crippen LogP contribution in [0.1, 0.15) is 108 Å². The third kappa shape index (κ3) is 6.06. The second-order valence-corrected chi connectivity index (χ2v) is 11.2. The predicted molar refractivity (Wildman–Crippen MR) is 140 cm³/mol.